The van der Waals surface area contributed by atoms with Crippen LogP contribution in [0.25, 0.3) is 0 Å². The molecular weight excluding hydrogens is 231 g/mol. The van der Waals surface area contributed by atoms with Crippen LogP contribution in [0.15, 0.2) is 36.9 Å². The summed E-state index contributed by atoms with van der Waals surface area (Å²) in [5.41, 5.74) is 1.06. The Kier molecular flexibility index (Phi) is 6.08. The number of carbonyl (C=O) groups is 1. The maximum absolute atomic E-state index is 12.7. The Balaban J connectivity index is 2.28. The number of benzene rings is 1. The standard InChI is InChI=1S/C14H19FN2O/c1-3-9-16-14(18)11-17(2)10-8-12-4-6-13(15)7-5-12/h3-7H,1,8-11H2,2H3,(H,16,18). The summed E-state index contributed by atoms with van der Waals surface area (Å²) in [6.07, 6.45) is 2.45. The van der Waals surface area contributed by atoms with E-state index in [0.717, 1.165) is 18.5 Å². The Hall–Kier alpha value is -1.68. The van der Waals surface area contributed by atoms with Crippen molar-refractivity contribution in [3.8, 4) is 0 Å². The molecule has 0 saturated heterocycles. The summed E-state index contributed by atoms with van der Waals surface area (Å²) in [6.45, 7) is 5.14. The van der Waals surface area contributed by atoms with Crippen LogP contribution in [0.4, 0.5) is 4.39 Å². The molecule has 98 valence electrons. The minimum absolute atomic E-state index is 0.0171. The number of amides is 1. The topological polar surface area (TPSA) is 32.3 Å². The van der Waals surface area contributed by atoms with Crippen LogP contribution in [0.3, 0.4) is 0 Å². The molecule has 0 spiro atoms. The van der Waals surface area contributed by atoms with E-state index in [1.54, 1.807) is 18.2 Å². The molecule has 1 aromatic rings. The molecule has 1 amide bonds. The molecule has 0 aliphatic rings. The quantitative estimate of drug-likeness (QED) is 0.746. The van der Waals surface area contributed by atoms with Gasteiger partial charge in [0.1, 0.15) is 5.82 Å². The molecule has 1 N–H and O–H groups in total. The van der Waals surface area contributed by atoms with Gasteiger partial charge in [0.25, 0.3) is 0 Å². The zero-order chi connectivity index (χ0) is 13.4. The average Bonchev–Trinajstić information content (AvgIpc) is 2.35. The maximum atomic E-state index is 12.7. The lowest BCUT2D eigenvalue weighted by Crippen LogP contribution is -2.36. The van der Waals surface area contributed by atoms with Crippen molar-refractivity contribution < 1.29 is 9.18 Å². The first-order chi connectivity index (χ1) is 8.61. The van der Waals surface area contributed by atoms with Crippen molar-refractivity contribution in [1.82, 2.24) is 10.2 Å². The lowest BCUT2D eigenvalue weighted by molar-refractivity contribution is -0.121. The van der Waals surface area contributed by atoms with Crippen molar-refractivity contribution in [2.24, 2.45) is 0 Å². The maximum Gasteiger partial charge on any atom is 0.234 e. The van der Waals surface area contributed by atoms with Crippen LogP contribution in [0.5, 0.6) is 0 Å². The number of nitrogens with one attached hydrogen (secondary N) is 1. The molecule has 0 heterocycles. The third-order valence-corrected chi connectivity index (χ3v) is 2.55. The van der Waals surface area contributed by atoms with Crippen LogP contribution in [0.1, 0.15) is 5.56 Å². The molecule has 0 aliphatic heterocycles. The van der Waals surface area contributed by atoms with Gasteiger partial charge >= 0.3 is 0 Å². The van der Waals surface area contributed by atoms with Crippen LogP contribution in [-0.4, -0.2) is 37.5 Å². The molecule has 18 heavy (non-hydrogen) atoms. The highest BCUT2D eigenvalue weighted by Crippen LogP contribution is 2.03. The van der Waals surface area contributed by atoms with Gasteiger partial charge in [0, 0.05) is 13.1 Å². The Bertz CT molecular complexity index is 389. The van der Waals surface area contributed by atoms with Gasteiger partial charge in [-0.1, -0.05) is 18.2 Å². The van der Waals surface area contributed by atoms with Gasteiger partial charge in [-0.2, -0.15) is 0 Å². The van der Waals surface area contributed by atoms with Gasteiger partial charge in [-0.3, -0.25) is 9.69 Å². The molecule has 0 bridgehead atoms. The fourth-order valence-electron chi connectivity index (χ4n) is 1.54. The summed E-state index contributed by atoms with van der Waals surface area (Å²) in [5, 5.41) is 2.72. The summed E-state index contributed by atoms with van der Waals surface area (Å²) in [5.74, 6) is -0.243. The third kappa shape index (κ3) is 5.59. The largest absolute Gasteiger partial charge is 0.352 e. The van der Waals surface area contributed by atoms with E-state index >= 15 is 0 Å². The zero-order valence-corrected chi connectivity index (χ0v) is 10.7. The minimum atomic E-state index is -0.226. The Morgan fingerprint density at radius 2 is 2.11 bits per heavy atom. The van der Waals surface area contributed by atoms with Gasteiger partial charge in [0.2, 0.25) is 5.91 Å². The third-order valence-electron chi connectivity index (χ3n) is 2.55. The summed E-state index contributed by atoms with van der Waals surface area (Å²) in [7, 11) is 1.89. The van der Waals surface area contributed by atoms with E-state index in [0.29, 0.717) is 13.1 Å². The highest BCUT2D eigenvalue weighted by atomic mass is 19.1. The average molecular weight is 250 g/mol. The Labute approximate surface area is 107 Å². The molecule has 1 aromatic carbocycles. The summed E-state index contributed by atoms with van der Waals surface area (Å²) in [6, 6.07) is 6.43. The molecular formula is C14H19FN2O. The SMILES string of the molecule is C=CCNC(=O)CN(C)CCc1ccc(F)cc1. The van der Waals surface area contributed by atoms with Gasteiger partial charge in [-0.05, 0) is 31.2 Å². The lowest BCUT2D eigenvalue weighted by atomic mass is 10.1. The van der Waals surface area contributed by atoms with Gasteiger partial charge in [0.05, 0.1) is 6.54 Å². The molecule has 3 nitrogen and oxygen atoms in total. The first kappa shape index (κ1) is 14.4. The van der Waals surface area contributed by atoms with Crippen molar-refractivity contribution in [2.75, 3.05) is 26.7 Å². The van der Waals surface area contributed by atoms with Gasteiger partial charge < -0.3 is 5.32 Å². The molecule has 0 radical (unpaired) electrons. The van der Waals surface area contributed by atoms with E-state index in [1.807, 2.05) is 11.9 Å². The molecule has 0 unspecified atom stereocenters. The van der Waals surface area contributed by atoms with Gasteiger partial charge in [-0.25, -0.2) is 4.39 Å². The molecule has 0 saturated carbocycles. The first-order valence-electron chi connectivity index (χ1n) is 5.92. The monoisotopic (exact) mass is 250 g/mol. The normalized spacial score (nSPS) is 10.4. The first-order valence-corrected chi connectivity index (χ1v) is 5.92. The second-order valence-electron chi connectivity index (χ2n) is 4.21. The molecule has 0 aliphatic carbocycles. The second kappa shape index (κ2) is 7.61. The summed E-state index contributed by atoms with van der Waals surface area (Å²) >= 11 is 0. The van der Waals surface area contributed by atoms with Gasteiger partial charge in [-0.15, -0.1) is 6.58 Å². The molecule has 0 fully saturated rings. The summed E-state index contributed by atoms with van der Waals surface area (Å²) in [4.78, 5) is 13.4. The van der Waals surface area contributed by atoms with Crippen molar-refractivity contribution in [1.29, 1.82) is 0 Å². The zero-order valence-electron chi connectivity index (χ0n) is 10.7. The van der Waals surface area contributed by atoms with E-state index in [1.165, 1.54) is 12.1 Å². The van der Waals surface area contributed by atoms with E-state index < -0.39 is 0 Å². The highest BCUT2D eigenvalue weighted by Gasteiger charge is 2.05. The van der Waals surface area contributed by atoms with Crippen LogP contribution in [-0.2, 0) is 11.2 Å². The van der Waals surface area contributed by atoms with E-state index in [2.05, 4.69) is 11.9 Å². The number of carbonyl (C=O) groups excluding carboxylic acids is 1. The lowest BCUT2D eigenvalue weighted by Gasteiger charge is -2.15. The van der Waals surface area contributed by atoms with Crippen molar-refractivity contribution in [3.05, 3.63) is 48.3 Å². The van der Waals surface area contributed by atoms with E-state index in [-0.39, 0.29) is 11.7 Å². The van der Waals surface area contributed by atoms with Crippen molar-refractivity contribution >= 4 is 5.91 Å². The summed E-state index contributed by atoms with van der Waals surface area (Å²) < 4.78 is 12.7. The smallest absolute Gasteiger partial charge is 0.234 e. The Morgan fingerprint density at radius 3 is 2.72 bits per heavy atom. The molecule has 1 rings (SSSR count). The van der Waals surface area contributed by atoms with Crippen molar-refractivity contribution in [2.45, 2.75) is 6.42 Å². The van der Waals surface area contributed by atoms with Gasteiger partial charge in [0.15, 0.2) is 0 Å². The van der Waals surface area contributed by atoms with Crippen LogP contribution >= 0.6 is 0 Å². The Morgan fingerprint density at radius 1 is 1.44 bits per heavy atom. The molecule has 4 heteroatoms. The van der Waals surface area contributed by atoms with Crippen molar-refractivity contribution in [3.63, 3.8) is 0 Å². The fraction of sp³-hybridized carbons (Fsp3) is 0.357. The second-order valence-corrected chi connectivity index (χ2v) is 4.21. The van der Waals surface area contributed by atoms with Crippen LogP contribution in [0, 0.1) is 5.82 Å². The minimum Gasteiger partial charge on any atom is -0.352 e. The predicted octanol–water partition coefficient (Wildman–Crippen LogP) is 1.60. The number of hydrogen-bond acceptors (Lipinski definition) is 2. The van der Waals surface area contributed by atoms with E-state index in [4.69, 9.17) is 0 Å². The van der Waals surface area contributed by atoms with Crippen LogP contribution in [0.2, 0.25) is 0 Å². The predicted molar refractivity (Wildman–Crippen MR) is 70.8 cm³/mol. The van der Waals surface area contributed by atoms with E-state index in [9.17, 15) is 9.18 Å². The van der Waals surface area contributed by atoms with Crippen LogP contribution < -0.4 is 5.32 Å². The number of nitrogens with zero attached hydrogens (tertiary/aromatic N) is 1. The molecule has 0 atom stereocenters. The number of hydrogen-bond donors (Lipinski definition) is 1. The molecule has 0 aromatic heterocycles. The number of halogens is 1. The number of rotatable bonds is 7. The number of likely N-dealkylation sites (N-methyl/N-ethyl adjacent to an activating group) is 1. The fourth-order valence-corrected chi connectivity index (χ4v) is 1.54. The highest BCUT2D eigenvalue weighted by molar-refractivity contribution is 5.78.